The summed E-state index contributed by atoms with van der Waals surface area (Å²) >= 11 is 0. The summed E-state index contributed by atoms with van der Waals surface area (Å²) < 4.78 is 5.70. The molecule has 0 saturated heterocycles. The predicted molar refractivity (Wildman–Crippen MR) is 81.1 cm³/mol. The first-order chi connectivity index (χ1) is 9.76. The highest BCUT2D eigenvalue weighted by molar-refractivity contribution is 6.02. The van der Waals surface area contributed by atoms with Gasteiger partial charge in [0.15, 0.2) is 0 Å². The fraction of sp³-hybridized carbons (Fsp3) is 0.375. The molecule has 1 heterocycles. The van der Waals surface area contributed by atoms with Gasteiger partial charge in [0.25, 0.3) is 0 Å². The van der Waals surface area contributed by atoms with Crippen molar-refractivity contribution >= 4 is 22.5 Å². The van der Waals surface area contributed by atoms with Crippen molar-refractivity contribution < 1.29 is 9.53 Å². The van der Waals surface area contributed by atoms with Gasteiger partial charge >= 0.3 is 0 Å². The van der Waals surface area contributed by atoms with Gasteiger partial charge in [-0.05, 0) is 37.1 Å². The molecule has 0 atom stereocenters. The number of carbonyl (C=O) groups is 1. The molecule has 20 heavy (non-hydrogen) atoms. The summed E-state index contributed by atoms with van der Waals surface area (Å²) in [7, 11) is 0. The summed E-state index contributed by atoms with van der Waals surface area (Å²) in [5.41, 5.74) is 1.57. The lowest BCUT2D eigenvalue weighted by Crippen LogP contribution is -2.11. The van der Waals surface area contributed by atoms with Gasteiger partial charge in [-0.15, -0.1) is 0 Å². The second-order valence-electron chi connectivity index (χ2n) is 4.66. The van der Waals surface area contributed by atoms with E-state index in [1.165, 1.54) is 0 Å². The number of hydrogen-bond acceptors (Lipinski definition) is 3. The van der Waals surface area contributed by atoms with Crippen LogP contribution in [0.3, 0.4) is 0 Å². The molecule has 0 aliphatic rings. The third-order valence-electron chi connectivity index (χ3n) is 2.95. The molecule has 4 heteroatoms. The van der Waals surface area contributed by atoms with Crippen LogP contribution < -0.4 is 10.1 Å². The number of rotatable bonds is 6. The molecule has 2 rings (SSSR count). The highest BCUT2D eigenvalue weighted by Crippen LogP contribution is 2.30. The van der Waals surface area contributed by atoms with Crippen molar-refractivity contribution in [2.45, 2.75) is 33.1 Å². The van der Waals surface area contributed by atoms with Gasteiger partial charge in [-0.2, -0.15) is 0 Å². The van der Waals surface area contributed by atoms with Crippen LogP contribution in [0.2, 0.25) is 0 Å². The Labute approximate surface area is 119 Å². The summed E-state index contributed by atoms with van der Waals surface area (Å²) in [6, 6.07) is 7.55. The minimum absolute atomic E-state index is 0.0277. The van der Waals surface area contributed by atoms with Crippen molar-refractivity contribution in [3.8, 4) is 5.75 Å². The van der Waals surface area contributed by atoms with Crippen LogP contribution in [0, 0.1) is 0 Å². The lowest BCUT2D eigenvalue weighted by molar-refractivity contribution is -0.116. The molecule has 0 aliphatic heterocycles. The second kappa shape index (κ2) is 6.89. The lowest BCUT2D eigenvalue weighted by Gasteiger charge is -2.12. The number of ether oxygens (including phenoxy) is 1. The van der Waals surface area contributed by atoms with Gasteiger partial charge in [0.2, 0.25) is 5.91 Å². The van der Waals surface area contributed by atoms with Crippen molar-refractivity contribution in [2.75, 3.05) is 11.9 Å². The van der Waals surface area contributed by atoms with Crippen LogP contribution >= 0.6 is 0 Å². The third-order valence-corrected chi connectivity index (χ3v) is 2.95. The number of nitrogens with one attached hydrogen (secondary N) is 1. The molecule has 1 aromatic carbocycles. The number of anilines is 1. The van der Waals surface area contributed by atoms with Crippen molar-refractivity contribution in [2.24, 2.45) is 0 Å². The van der Waals surface area contributed by atoms with Gasteiger partial charge in [0, 0.05) is 18.0 Å². The number of nitrogens with zero attached hydrogens (tertiary/aromatic N) is 1. The largest absolute Gasteiger partial charge is 0.491 e. The minimum atomic E-state index is 0.0277. The van der Waals surface area contributed by atoms with Gasteiger partial charge in [-0.3, -0.25) is 9.78 Å². The second-order valence-corrected chi connectivity index (χ2v) is 4.66. The van der Waals surface area contributed by atoms with E-state index in [9.17, 15) is 4.79 Å². The first kappa shape index (κ1) is 14.3. The Balaban J connectivity index is 2.35. The summed E-state index contributed by atoms with van der Waals surface area (Å²) in [5.74, 6) is 0.788. The quantitative estimate of drug-likeness (QED) is 0.871. The Bertz CT molecular complexity index is 596. The zero-order chi connectivity index (χ0) is 14.4. The third kappa shape index (κ3) is 3.26. The molecule has 106 valence electrons. The molecule has 0 saturated carbocycles. The maximum atomic E-state index is 11.8. The first-order valence-electron chi connectivity index (χ1n) is 7.06. The fourth-order valence-corrected chi connectivity index (χ4v) is 2.02. The van der Waals surface area contributed by atoms with Crippen LogP contribution in [-0.2, 0) is 4.79 Å². The average molecular weight is 272 g/mol. The molecule has 1 N–H and O–H groups in total. The normalized spacial score (nSPS) is 10.5. The smallest absolute Gasteiger partial charge is 0.224 e. The molecular weight excluding hydrogens is 252 g/mol. The van der Waals surface area contributed by atoms with Crippen molar-refractivity contribution in [3.63, 3.8) is 0 Å². The zero-order valence-electron chi connectivity index (χ0n) is 12.0. The van der Waals surface area contributed by atoms with Crippen LogP contribution in [0.5, 0.6) is 5.75 Å². The average Bonchev–Trinajstić information content (AvgIpc) is 2.47. The number of fused-ring (bicyclic) bond motifs is 1. The van der Waals surface area contributed by atoms with E-state index in [2.05, 4.69) is 17.2 Å². The SMILES string of the molecule is CCCOc1ccc(NC(=O)CCC)c2cccnc12. The Morgan fingerprint density at radius 2 is 2.10 bits per heavy atom. The Kier molecular flexibility index (Phi) is 4.93. The lowest BCUT2D eigenvalue weighted by atomic mass is 10.1. The van der Waals surface area contributed by atoms with E-state index in [-0.39, 0.29) is 5.91 Å². The molecular formula is C16H20N2O2. The molecule has 0 radical (unpaired) electrons. The summed E-state index contributed by atoms with van der Waals surface area (Å²) in [6.45, 7) is 4.71. The van der Waals surface area contributed by atoms with E-state index in [4.69, 9.17) is 4.74 Å². The van der Waals surface area contributed by atoms with Gasteiger partial charge in [-0.1, -0.05) is 13.8 Å². The number of pyridine rings is 1. The topological polar surface area (TPSA) is 51.2 Å². The maximum absolute atomic E-state index is 11.8. The standard InChI is InChI=1S/C16H20N2O2/c1-3-6-15(19)18-13-8-9-14(20-11-4-2)16-12(13)7-5-10-17-16/h5,7-10H,3-4,6,11H2,1-2H3,(H,18,19). The summed E-state index contributed by atoms with van der Waals surface area (Å²) in [5, 5.41) is 3.84. The predicted octanol–water partition coefficient (Wildman–Crippen LogP) is 3.76. The van der Waals surface area contributed by atoms with Crippen LogP contribution in [0.1, 0.15) is 33.1 Å². The highest BCUT2D eigenvalue weighted by Gasteiger charge is 2.09. The molecule has 4 nitrogen and oxygen atoms in total. The molecule has 0 spiro atoms. The first-order valence-corrected chi connectivity index (χ1v) is 7.06. The van der Waals surface area contributed by atoms with Crippen molar-refractivity contribution in [3.05, 3.63) is 30.5 Å². The summed E-state index contributed by atoms with van der Waals surface area (Å²) in [4.78, 5) is 16.1. The number of amides is 1. The molecule has 0 fully saturated rings. The molecule has 1 aromatic heterocycles. The van der Waals surface area contributed by atoms with Crippen LogP contribution in [0.15, 0.2) is 30.5 Å². The Morgan fingerprint density at radius 1 is 1.25 bits per heavy atom. The van der Waals surface area contributed by atoms with E-state index in [0.29, 0.717) is 13.0 Å². The van der Waals surface area contributed by atoms with Gasteiger partial charge < -0.3 is 10.1 Å². The highest BCUT2D eigenvalue weighted by atomic mass is 16.5. The monoisotopic (exact) mass is 272 g/mol. The maximum Gasteiger partial charge on any atom is 0.224 e. The van der Waals surface area contributed by atoms with Gasteiger partial charge in [-0.25, -0.2) is 0 Å². The Hall–Kier alpha value is -2.10. The molecule has 2 aromatic rings. The van der Waals surface area contributed by atoms with Gasteiger partial charge in [0.05, 0.1) is 12.3 Å². The number of benzene rings is 1. The van der Waals surface area contributed by atoms with Crippen LogP contribution in [0.25, 0.3) is 10.9 Å². The van der Waals surface area contributed by atoms with Gasteiger partial charge in [0.1, 0.15) is 11.3 Å². The number of aromatic nitrogens is 1. The molecule has 0 bridgehead atoms. The van der Waals surface area contributed by atoms with Crippen LogP contribution in [0.4, 0.5) is 5.69 Å². The summed E-state index contributed by atoms with van der Waals surface area (Å²) in [6.07, 6.45) is 4.04. The fourth-order valence-electron chi connectivity index (χ4n) is 2.02. The van der Waals surface area contributed by atoms with E-state index in [1.54, 1.807) is 6.20 Å². The van der Waals surface area contributed by atoms with Crippen molar-refractivity contribution in [1.29, 1.82) is 0 Å². The molecule has 1 amide bonds. The van der Waals surface area contributed by atoms with E-state index in [0.717, 1.165) is 35.2 Å². The van der Waals surface area contributed by atoms with E-state index >= 15 is 0 Å². The van der Waals surface area contributed by atoms with E-state index in [1.807, 2.05) is 31.2 Å². The Morgan fingerprint density at radius 3 is 2.85 bits per heavy atom. The molecule has 0 unspecified atom stereocenters. The minimum Gasteiger partial charge on any atom is -0.491 e. The van der Waals surface area contributed by atoms with Crippen molar-refractivity contribution in [1.82, 2.24) is 4.98 Å². The number of hydrogen-bond donors (Lipinski definition) is 1. The number of carbonyl (C=O) groups excluding carboxylic acids is 1. The zero-order valence-corrected chi connectivity index (χ0v) is 12.0. The molecule has 0 aliphatic carbocycles. The van der Waals surface area contributed by atoms with E-state index < -0.39 is 0 Å². The van der Waals surface area contributed by atoms with Crippen LogP contribution in [-0.4, -0.2) is 17.5 Å².